The molecule has 3 rings (SSSR count). The van der Waals surface area contributed by atoms with Crippen LogP contribution >= 0.6 is 0 Å². The number of alkyl halides is 3. The first-order valence-corrected chi connectivity index (χ1v) is 12.2. The summed E-state index contributed by atoms with van der Waals surface area (Å²) in [5, 5.41) is 11.1. The molecule has 0 aromatic heterocycles. The van der Waals surface area contributed by atoms with Crippen LogP contribution in [0.15, 0.2) is 36.4 Å². The largest absolute Gasteiger partial charge is 0.444 e. The van der Waals surface area contributed by atoms with Gasteiger partial charge >= 0.3 is 12.3 Å². The molecule has 0 spiro atoms. The highest BCUT2D eigenvalue weighted by Gasteiger charge is 2.35. The van der Waals surface area contributed by atoms with Crippen molar-refractivity contribution in [3.63, 3.8) is 0 Å². The molecule has 1 fully saturated rings. The average molecular weight is 523 g/mol. The Bertz CT molecular complexity index is 1100. The number of aryl methyl sites for hydroxylation is 1. The molecule has 1 heterocycles. The van der Waals surface area contributed by atoms with Crippen LogP contribution in [0.5, 0.6) is 0 Å². The smallest absolute Gasteiger partial charge is 0.410 e. The predicted octanol–water partition coefficient (Wildman–Crippen LogP) is 6.81. The van der Waals surface area contributed by atoms with Crippen molar-refractivity contribution in [1.29, 1.82) is 5.41 Å². The fourth-order valence-electron chi connectivity index (χ4n) is 4.38. The fourth-order valence-corrected chi connectivity index (χ4v) is 4.38. The minimum atomic E-state index is -4.31. The monoisotopic (exact) mass is 522 g/mol. The molecule has 0 radical (unpaired) electrons. The maximum absolute atomic E-state index is 13.3. The zero-order valence-electron chi connectivity index (χ0n) is 21.6. The molecule has 1 aliphatic heterocycles. The number of carbonyl (C=O) groups excluding carboxylic acids is 1. The number of nitrogens with zero attached hydrogens (tertiary/aromatic N) is 2. The Hall–Kier alpha value is -3.14. The molecule has 2 aromatic rings. The van der Waals surface area contributed by atoms with Crippen molar-refractivity contribution in [3.05, 3.63) is 58.9 Å². The Morgan fingerprint density at radius 1 is 1.16 bits per heavy atom. The molecule has 6 nitrogen and oxygen atoms in total. The van der Waals surface area contributed by atoms with Gasteiger partial charge in [0.15, 0.2) is 0 Å². The zero-order chi connectivity index (χ0) is 27.4. The van der Waals surface area contributed by atoms with Gasteiger partial charge in [0.2, 0.25) is 0 Å². The van der Waals surface area contributed by atoms with Gasteiger partial charge in [-0.25, -0.2) is 9.18 Å². The van der Waals surface area contributed by atoms with E-state index in [0.29, 0.717) is 36.4 Å². The van der Waals surface area contributed by atoms with Crippen LogP contribution in [0.3, 0.4) is 0 Å². The van der Waals surface area contributed by atoms with E-state index in [9.17, 15) is 22.4 Å². The van der Waals surface area contributed by atoms with Crippen molar-refractivity contribution in [2.24, 2.45) is 0 Å². The van der Waals surface area contributed by atoms with E-state index in [0.717, 1.165) is 17.3 Å². The molecule has 2 N–H and O–H groups in total. The van der Waals surface area contributed by atoms with E-state index < -0.39 is 30.3 Å². The van der Waals surface area contributed by atoms with E-state index in [1.165, 1.54) is 12.1 Å². The molecule has 2 aromatic carbocycles. The Morgan fingerprint density at radius 2 is 1.84 bits per heavy atom. The minimum Gasteiger partial charge on any atom is -0.444 e. The molecule has 0 aliphatic carbocycles. The van der Waals surface area contributed by atoms with Crippen molar-refractivity contribution in [1.82, 2.24) is 9.80 Å². The van der Waals surface area contributed by atoms with Crippen molar-refractivity contribution in [3.8, 4) is 0 Å². The van der Waals surface area contributed by atoms with Crippen molar-refractivity contribution in [2.75, 3.05) is 31.5 Å². The fraction of sp³-hybridized carbons (Fsp3) is 0.481. The lowest BCUT2D eigenvalue weighted by atomic mass is 9.95. The van der Waals surface area contributed by atoms with Gasteiger partial charge in [-0.1, -0.05) is 0 Å². The zero-order valence-corrected chi connectivity index (χ0v) is 21.6. The van der Waals surface area contributed by atoms with Crippen LogP contribution in [0, 0.1) is 18.2 Å². The lowest BCUT2D eigenvalue weighted by Gasteiger charge is -2.34. The average Bonchev–Trinajstić information content (AvgIpc) is 3.00. The van der Waals surface area contributed by atoms with Gasteiger partial charge in [0.05, 0.1) is 12.5 Å². The summed E-state index contributed by atoms with van der Waals surface area (Å²) in [5.74, 6) is -0.369. The van der Waals surface area contributed by atoms with E-state index in [1.807, 2.05) is 13.0 Å². The summed E-state index contributed by atoms with van der Waals surface area (Å²) in [6.07, 6.45) is -4.10. The second-order valence-electron chi connectivity index (χ2n) is 10.3. The second-order valence-corrected chi connectivity index (χ2v) is 10.3. The van der Waals surface area contributed by atoms with Crippen LogP contribution in [-0.2, 0) is 4.74 Å². The number of ether oxygens (including phenoxy) is 1. The number of hydrogen-bond acceptors (Lipinski definition) is 5. The topological polar surface area (TPSA) is 68.7 Å². The van der Waals surface area contributed by atoms with Crippen molar-refractivity contribution in [2.45, 2.75) is 58.4 Å². The Balaban J connectivity index is 1.97. The van der Waals surface area contributed by atoms with Gasteiger partial charge in [0.1, 0.15) is 11.4 Å². The van der Waals surface area contributed by atoms with E-state index >= 15 is 0 Å². The Kier molecular flexibility index (Phi) is 8.84. The molecular formula is C27H34F4N4O2. The first-order valence-electron chi connectivity index (χ1n) is 12.2. The molecule has 37 heavy (non-hydrogen) atoms. The second kappa shape index (κ2) is 11.5. The third-order valence-corrected chi connectivity index (χ3v) is 6.12. The lowest BCUT2D eigenvalue weighted by molar-refractivity contribution is -0.139. The lowest BCUT2D eigenvalue weighted by Crippen LogP contribution is -2.41. The highest BCUT2D eigenvalue weighted by molar-refractivity contribution is 5.88. The number of rotatable bonds is 6. The Labute approximate surface area is 215 Å². The summed E-state index contributed by atoms with van der Waals surface area (Å²) in [7, 11) is 0. The van der Waals surface area contributed by atoms with Crippen molar-refractivity contribution < 1.29 is 27.1 Å². The van der Waals surface area contributed by atoms with Crippen LogP contribution < -0.4 is 5.32 Å². The van der Waals surface area contributed by atoms with Crippen LogP contribution in [0.1, 0.15) is 56.3 Å². The quantitative estimate of drug-likeness (QED) is 0.323. The molecule has 1 amide bonds. The third-order valence-electron chi connectivity index (χ3n) is 6.12. The van der Waals surface area contributed by atoms with Crippen LogP contribution in [0.2, 0.25) is 0 Å². The number of nitrogens with one attached hydrogen (secondary N) is 2. The van der Waals surface area contributed by atoms with Gasteiger partial charge in [-0.3, -0.25) is 4.90 Å². The number of amides is 1. The normalized spacial score (nSPS) is 17.3. The highest BCUT2D eigenvalue weighted by Crippen LogP contribution is 2.34. The molecule has 202 valence electrons. The maximum atomic E-state index is 13.3. The van der Waals surface area contributed by atoms with Gasteiger partial charge in [-0.2, -0.15) is 13.2 Å². The molecule has 1 saturated heterocycles. The first-order chi connectivity index (χ1) is 17.3. The van der Waals surface area contributed by atoms with Gasteiger partial charge in [-0.15, -0.1) is 0 Å². The molecule has 1 aliphatic rings. The third kappa shape index (κ3) is 8.18. The molecule has 0 saturated carbocycles. The number of hydrogen-bond donors (Lipinski definition) is 2. The maximum Gasteiger partial charge on any atom is 0.410 e. The molecule has 0 bridgehead atoms. The summed E-state index contributed by atoms with van der Waals surface area (Å²) in [6.45, 7) is 7.86. The van der Waals surface area contributed by atoms with E-state index in [1.54, 1.807) is 48.8 Å². The van der Waals surface area contributed by atoms with Gasteiger partial charge in [0, 0.05) is 49.3 Å². The highest BCUT2D eigenvalue weighted by atomic mass is 19.4. The number of anilines is 2. The number of benzene rings is 2. The Morgan fingerprint density at radius 3 is 2.43 bits per heavy atom. The van der Waals surface area contributed by atoms with Gasteiger partial charge in [0.25, 0.3) is 0 Å². The van der Waals surface area contributed by atoms with E-state index in [4.69, 9.17) is 10.1 Å². The first kappa shape index (κ1) is 28.4. The molecular weight excluding hydrogens is 488 g/mol. The summed E-state index contributed by atoms with van der Waals surface area (Å²) in [5.41, 5.74) is 2.60. The van der Waals surface area contributed by atoms with Crippen LogP contribution in [0.25, 0.3) is 0 Å². The SMILES string of the molecule is Cc1cc(Nc2ccc(F)cc2)c(C=N)cc1C1CN(C(=O)OC(C)(C)C)CCCN1CCC(F)(F)F. The number of halogens is 4. The minimum absolute atomic E-state index is 0.162. The van der Waals surface area contributed by atoms with E-state index in [-0.39, 0.29) is 18.9 Å². The van der Waals surface area contributed by atoms with Crippen LogP contribution in [0.4, 0.5) is 33.7 Å². The van der Waals surface area contributed by atoms with Gasteiger partial charge in [-0.05, 0) is 81.6 Å². The number of carbonyl (C=O) groups is 1. The van der Waals surface area contributed by atoms with E-state index in [2.05, 4.69) is 5.32 Å². The molecule has 1 unspecified atom stereocenters. The van der Waals surface area contributed by atoms with Crippen LogP contribution in [-0.4, -0.2) is 60.1 Å². The summed E-state index contributed by atoms with van der Waals surface area (Å²) < 4.78 is 58.3. The van der Waals surface area contributed by atoms with Gasteiger partial charge < -0.3 is 20.4 Å². The standard InChI is InChI=1S/C27H34F4N4O2/c1-18-14-23(33-21-8-6-20(28)7-9-21)19(16-32)15-22(18)24-17-35(25(36)37-26(2,3)4)12-5-11-34(24)13-10-27(29,30)31/h6-9,14-16,24,32-33H,5,10-13,17H2,1-4H3. The predicted molar refractivity (Wildman–Crippen MR) is 136 cm³/mol. The summed E-state index contributed by atoms with van der Waals surface area (Å²) >= 11 is 0. The molecule has 1 atom stereocenters. The summed E-state index contributed by atoms with van der Waals surface area (Å²) in [6, 6.07) is 8.88. The molecule has 10 heteroatoms. The van der Waals surface area contributed by atoms with Crippen molar-refractivity contribution >= 4 is 23.7 Å². The summed E-state index contributed by atoms with van der Waals surface area (Å²) in [4.78, 5) is 16.2.